The summed E-state index contributed by atoms with van der Waals surface area (Å²) in [5, 5.41) is 17.6. The van der Waals surface area contributed by atoms with Gasteiger partial charge >= 0.3 is 5.69 Å². The van der Waals surface area contributed by atoms with Gasteiger partial charge in [-0.05, 0) is 36.4 Å². The molecule has 0 aliphatic heterocycles. The average molecular weight is 394 g/mol. The fourth-order valence-corrected chi connectivity index (χ4v) is 2.48. The van der Waals surface area contributed by atoms with Crippen LogP contribution in [0.5, 0.6) is 0 Å². The van der Waals surface area contributed by atoms with Crippen molar-refractivity contribution in [1.82, 2.24) is 9.97 Å². The van der Waals surface area contributed by atoms with Crippen LogP contribution in [0.15, 0.2) is 48.8 Å². The summed E-state index contributed by atoms with van der Waals surface area (Å²) in [6.07, 6.45) is 1.15. The van der Waals surface area contributed by atoms with Gasteiger partial charge in [-0.15, -0.1) is 0 Å². The van der Waals surface area contributed by atoms with Crippen LogP contribution in [-0.2, 0) is 0 Å². The van der Waals surface area contributed by atoms with Crippen molar-refractivity contribution in [1.29, 1.82) is 0 Å². The Hall–Kier alpha value is -2.97. The van der Waals surface area contributed by atoms with Crippen LogP contribution in [0.1, 0.15) is 0 Å². The molecule has 0 saturated carbocycles. The zero-order valence-corrected chi connectivity index (χ0v) is 14.4. The van der Waals surface area contributed by atoms with Gasteiger partial charge in [0, 0.05) is 5.69 Å². The molecular weight excluding hydrogens is 384 g/mol. The molecule has 2 aromatic carbocycles. The molecule has 0 bridgehead atoms. The first-order valence-electron chi connectivity index (χ1n) is 7.18. The van der Waals surface area contributed by atoms with Crippen molar-refractivity contribution in [3.63, 3.8) is 0 Å². The minimum absolute atomic E-state index is 0.0581. The maximum Gasteiger partial charge on any atom is 0.353 e. The number of nitrogens with one attached hydrogen (secondary N) is 2. The smallest absolute Gasteiger partial charge is 0.334 e. The number of aromatic nitrogens is 2. The van der Waals surface area contributed by atoms with Crippen LogP contribution >= 0.6 is 23.2 Å². The van der Waals surface area contributed by atoms with Crippen molar-refractivity contribution in [3.8, 4) is 0 Å². The topological polar surface area (TPSA) is 93.0 Å². The van der Waals surface area contributed by atoms with Crippen molar-refractivity contribution >= 4 is 51.9 Å². The number of nitro groups is 1. The third-order valence-electron chi connectivity index (χ3n) is 3.32. The highest BCUT2D eigenvalue weighted by atomic mass is 35.5. The number of hydrogen-bond donors (Lipinski definition) is 2. The molecule has 7 nitrogen and oxygen atoms in total. The number of benzene rings is 2. The van der Waals surface area contributed by atoms with Gasteiger partial charge in [-0.3, -0.25) is 10.1 Å². The van der Waals surface area contributed by atoms with Gasteiger partial charge in [-0.2, -0.15) is 0 Å². The first-order valence-corrected chi connectivity index (χ1v) is 7.94. The van der Waals surface area contributed by atoms with Gasteiger partial charge in [0.15, 0.2) is 0 Å². The fraction of sp³-hybridized carbons (Fsp3) is 0. The third kappa shape index (κ3) is 3.81. The lowest BCUT2D eigenvalue weighted by atomic mass is 10.3. The highest BCUT2D eigenvalue weighted by Gasteiger charge is 2.24. The van der Waals surface area contributed by atoms with Crippen LogP contribution in [0.4, 0.5) is 33.1 Å². The summed E-state index contributed by atoms with van der Waals surface area (Å²) < 4.78 is 13.0. The number of rotatable bonds is 5. The van der Waals surface area contributed by atoms with E-state index < -0.39 is 16.4 Å². The first-order chi connectivity index (χ1) is 12.5. The van der Waals surface area contributed by atoms with E-state index in [-0.39, 0.29) is 21.7 Å². The molecule has 10 heteroatoms. The Bertz CT molecular complexity index is 969. The van der Waals surface area contributed by atoms with E-state index in [1.807, 2.05) is 0 Å². The van der Waals surface area contributed by atoms with E-state index in [0.717, 1.165) is 6.33 Å². The molecule has 0 aliphatic rings. The second-order valence-corrected chi connectivity index (χ2v) is 5.82. The minimum Gasteiger partial charge on any atom is -0.334 e. The number of anilines is 4. The predicted octanol–water partition coefficient (Wildman–Crippen LogP) is 5.32. The second kappa shape index (κ2) is 7.51. The van der Waals surface area contributed by atoms with Crippen molar-refractivity contribution in [3.05, 3.63) is 74.8 Å². The average Bonchev–Trinajstić information content (AvgIpc) is 2.61. The summed E-state index contributed by atoms with van der Waals surface area (Å²) >= 11 is 12.1. The van der Waals surface area contributed by atoms with Gasteiger partial charge in [0.05, 0.1) is 20.7 Å². The van der Waals surface area contributed by atoms with Crippen molar-refractivity contribution in [2.45, 2.75) is 0 Å². The molecule has 0 fully saturated rings. The molecule has 0 radical (unpaired) electrons. The van der Waals surface area contributed by atoms with E-state index in [9.17, 15) is 14.5 Å². The molecule has 0 atom stereocenters. The van der Waals surface area contributed by atoms with Crippen LogP contribution in [-0.4, -0.2) is 14.9 Å². The minimum atomic E-state index is -0.632. The molecule has 132 valence electrons. The van der Waals surface area contributed by atoms with E-state index in [4.69, 9.17) is 23.2 Å². The Balaban J connectivity index is 1.99. The van der Waals surface area contributed by atoms with Crippen molar-refractivity contribution < 1.29 is 9.31 Å². The standard InChI is InChI=1S/C16H10Cl2FN5O2/c17-11-2-1-3-12(13(11)18)23-16-14(24(25)26)15(20-8-21-16)22-10-6-4-9(19)5-7-10/h1-8H,(H2,20,21,22,23). The van der Waals surface area contributed by atoms with Crippen LogP contribution in [0.3, 0.4) is 0 Å². The van der Waals surface area contributed by atoms with Gasteiger partial charge in [-0.1, -0.05) is 29.3 Å². The largest absolute Gasteiger partial charge is 0.353 e. The maximum atomic E-state index is 13.0. The Labute approximate surface area is 157 Å². The fourth-order valence-electron chi connectivity index (χ4n) is 2.13. The summed E-state index contributed by atoms with van der Waals surface area (Å²) in [5.74, 6) is -0.554. The quantitative estimate of drug-likeness (QED) is 0.450. The van der Waals surface area contributed by atoms with Gasteiger partial charge in [-0.25, -0.2) is 14.4 Å². The molecule has 0 saturated heterocycles. The van der Waals surface area contributed by atoms with Crippen LogP contribution < -0.4 is 10.6 Å². The van der Waals surface area contributed by atoms with Gasteiger partial charge in [0.2, 0.25) is 11.6 Å². The highest BCUT2D eigenvalue weighted by Crippen LogP contribution is 2.36. The molecule has 3 aromatic rings. The number of halogens is 3. The summed E-state index contributed by atoms with van der Waals surface area (Å²) in [6, 6.07) is 10.1. The van der Waals surface area contributed by atoms with Gasteiger partial charge < -0.3 is 10.6 Å². The lowest BCUT2D eigenvalue weighted by molar-refractivity contribution is -0.383. The lowest BCUT2D eigenvalue weighted by Gasteiger charge is -2.11. The van der Waals surface area contributed by atoms with E-state index in [1.54, 1.807) is 18.2 Å². The van der Waals surface area contributed by atoms with Gasteiger partial charge in [0.1, 0.15) is 12.1 Å². The number of hydrogen-bond acceptors (Lipinski definition) is 6. The molecule has 0 spiro atoms. The van der Waals surface area contributed by atoms with E-state index in [0.29, 0.717) is 11.4 Å². The Kier molecular flexibility index (Phi) is 5.15. The predicted molar refractivity (Wildman–Crippen MR) is 98.1 cm³/mol. The summed E-state index contributed by atoms with van der Waals surface area (Å²) in [4.78, 5) is 18.7. The molecule has 0 unspecified atom stereocenters. The molecule has 3 rings (SSSR count). The van der Waals surface area contributed by atoms with E-state index in [1.165, 1.54) is 24.3 Å². The molecule has 1 heterocycles. The summed E-state index contributed by atoms with van der Waals surface area (Å²) in [6.45, 7) is 0. The zero-order chi connectivity index (χ0) is 18.7. The zero-order valence-electron chi connectivity index (χ0n) is 12.9. The van der Waals surface area contributed by atoms with Crippen LogP contribution in [0, 0.1) is 15.9 Å². The summed E-state index contributed by atoms with van der Waals surface area (Å²) in [7, 11) is 0. The second-order valence-electron chi connectivity index (χ2n) is 5.03. The maximum absolute atomic E-state index is 13.0. The SMILES string of the molecule is O=[N+]([O-])c1c(Nc2ccc(F)cc2)ncnc1Nc1cccc(Cl)c1Cl. The third-order valence-corrected chi connectivity index (χ3v) is 4.14. The molecule has 0 aliphatic carbocycles. The van der Waals surface area contributed by atoms with Gasteiger partial charge in [0.25, 0.3) is 0 Å². The monoisotopic (exact) mass is 393 g/mol. The highest BCUT2D eigenvalue weighted by molar-refractivity contribution is 6.43. The number of nitrogens with zero attached hydrogens (tertiary/aromatic N) is 3. The first kappa shape index (κ1) is 17.8. The van der Waals surface area contributed by atoms with Crippen LogP contribution in [0.25, 0.3) is 0 Å². The molecule has 26 heavy (non-hydrogen) atoms. The molecule has 2 N–H and O–H groups in total. The molecule has 1 aromatic heterocycles. The normalized spacial score (nSPS) is 10.4. The van der Waals surface area contributed by atoms with E-state index in [2.05, 4.69) is 20.6 Å². The Morgan fingerprint density at radius 1 is 1.00 bits per heavy atom. The Morgan fingerprint density at radius 3 is 2.31 bits per heavy atom. The Morgan fingerprint density at radius 2 is 1.65 bits per heavy atom. The van der Waals surface area contributed by atoms with Crippen molar-refractivity contribution in [2.24, 2.45) is 0 Å². The lowest BCUT2D eigenvalue weighted by Crippen LogP contribution is -2.05. The molecule has 0 amide bonds. The van der Waals surface area contributed by atoms with E-state index >= 15 is 0 Å². The summed E-state index contributed by atoms with van der Waals surface area (Å²) in [5.41, 5.74) is 0.390. The molecular formula is C16H10Cl2FN5O2. The van der Waals surface area contributed by atoms with Crippen molar-refractivity contribution in [2.75, 3.05) is 10.6 Å². The van der Waals surface area contributed by atoms with Crippen LogP contribution in [0.2, 0.25) is 10.0 Å².